The summed E-state index contributed by atoms with van der Waals surface area (Å²) in [6.45, 7) is 0. The van der Waals surface area contributed by atoms with Crippen LogP contribution in [0.25, 0.3) is 0 Å². The first-order valence-corrected chi connectivity index (χ1v) is 7.13. The molecule has 15 heavy (non-hydrogen) atoms. The van der Waals surface area contributed by atoms with E-state index >= 15 is 0 Å². The van der Waals surface area contributed by atoms with Gasteiger partial charge in [-0.25, -0.2) is 8.42 Å². The number of halogens is 1. The Morgan fingerprint density at radius 3 is 2.73 bits per heavy atom. The van der Waals surface area contributed by atoms with Gasteiger partial charge in [-0.2, -0.15) is 0 Å². The van der Waals surface area contributed by atoms with E-state index in [1.165, 1.54) is 0 Å². The quantitative estimate of drug-likeness (QED) is 0.726. The monoisotopic (exact) mass is 249 g/mol. The lowest BCUT2D eigenvalue weighted by molar-refractivity contribution is 0.440. The summed E-state index contributed by atoms with van der Waals surface area (Å²) in [4.78, 5) is 0. The Morgan fingerprint density at radius 2 is 2.13 bits per heavy atom. The fourth-order valence-corrected chi connectivity index (χ4v) is 3.48. The Morgan fingerprint density at radius 1 is 1.47 bits per heavy atom. The van der Waals surface area contributed by atoms with Crippen molar-refractivity contribution in [1.29, 1.82) is 0 Å². The number of rotatable bonds is 2. The number of aromatic nitrogens is 3. The molecular formula is C8H12ClN3O2S. The van der Waals surface area contributed by atoms with E-state index in [-0.39, 0.29) is 17.5 Å². The topological polar surface area (TPSA) is 64.8 Å². The zero-order chi connectivity index (χ0) is 10.9. The van der Waals surface area contributed by atoms with E-state index < -0.39 is 9.84 Å². The minimum Gasteiger partial charge on any atom is -0.313 e. The number of hydrogen-bond donors (Lipinski definition) is 0. The molecule has 0 unspecified atom stereocenters. The van der Waals surface area contributed by atoms with Gasteiger partial charge in [-0.05, 0) is 12.8 Å². The van der Waals surface area contributed by atoms with Gasteiger partial charge in [-0.15, -0.1) is 21.8 Å². The van der Waals surface area contributed by atoms with Gasteiger partial charge in [0.2, 0.25) is 0 Å². The smallest absolute Gasteiger partial charge is 0.150 e. The minimum atomic E-state index is -2.81. The predicted octanol–water partition coefficient (Wildman–Crippen LogP) is 0.767. The Labute approximate surface area is 93.4 Å². The molecule has 1 aromatic heterocycles. The first-order valence-electron chi connectivity index (χ1n) is 4.77. The maximum atomic E-state index is 11.3. The molecular weight excluding hydrogens is 238 g/mol. The molecule has 1 fully saturated rings. The van der Waals surface area contributed by atoms with Gasteiger partial charge in [0.25, 0.3) is 0 Å². The van der Waals surface area contributed by atoms with Crippen LogP contribution in [-0.2, 0) is 15.7 Å². The molecule has 0 atom stereocenters. The summed E-state index contributed by atoms with van der Waals surface area (Å²) >= 11 is 5.71. The van der Waals surface area contributed by atoms with Crippen molar-refractivity contribution in [3.8, 4) is 0 Å². The molecule has 0 bridgehead atoms. The molecule has 1 aliphatic rings. The molecule has 0 aromatic carbocycles. The Balaban J connectivity index is 2.14. The van der Waals surface area contributed by atoms with Crippen molar-refractivity contribution in [2.75, 3.05) is 11.5 Å². The van der Waals surface area contributed by atoms with Crippen molar-refractivity contribution in [1.82, 2.24) is 14.8 Å². The van der Waals surface area contributed by atoms with Crippen LogP contribution in [0.5, 0.6) is 0 Å². The third-order valence-electron chi connectivity index (χ3n) is 2.68. The Bertz CT molecular complexity index is 428. The third-order valence-corrected chi connectivity index (χ3v) is 4.64. The number of nitrogens with zero attached hydrogens (tertiary/aromatic N) is 3. The van der Waals surface area contributed by atoms with Crippen LogP contribution in [0, 0.1) is 0 Å². The average molecular weight is 250 g/mol. The van der Waals surface area contributed by atoms with Crippen molar-refractivity contribution in [2.24, 2.45) is 0 Å². The molecule has 0 radical (unpaired) electrons. The van der Waals surface area contributed by atoms with E-state index in [4.69, 9.17) is 11.6 Å². The molecule has 0 N–H and O–H groups in total. The van der Waals surface area contributed by atoms with E-state index in [2.05, 4.69) is 10.2 Å². The van der Waals surface area contributed by atoms with E-state index in [1.54, 1.807) is 6.33 Å². The lowest BCUT2D eigenvalue weighted by Crippen LogP contribution is -2.26. The van der Waals surface area contributed by atoms with E-state index in [9.17, 15) is 8.42 Å². The molecule has 1 aliphatic heterocycles. The summed E-state index contributed by atoms with van der Waals surface area (Å²) in [7, 11) is -2.81. The highest BCUT2D eigenvalue weighted by Crippen LogP contribution is 2.24. The highest BCUT2D eigenvalue weighted by atomic mass is 35.5. The molecule has 5 nitrogen and oxygen atoms in total. The molecule has 0 saturated carbocycles. The number of sulfone groups is 1. The van der Waals surface area contributed by atoms with Crippen molar-refractivity contribution < 1.29 is 8.42 Å². The predicted molar refractivity (Wildman–Crippen MR) is 56.5 cm³/mol. The SMILES string of the molecule is O=S1(=O)CCC(n2cnnc2CCl)CC1. The molecule has 2 rings (SSSR count). The largest absolute Gasteiger partial charge is 0.313 e. The first kappa shape index (κ1) is 10.9. The van der Waals surface area contributed by atoms with Crippen molar-refractivity contribution in [2.45, 2.75) is 24.8 Å². The minimum absolute atomic E-state index is 0.178. The van der Waals surface area contributed by atoms with Gasteiger partial charge in [-0.3, -0.25) is 0 Å². The lowest BCUT2D eigenvalue weighted by Gasteiger charge is -2.23. The standard InChI is InChI=1S/C8H12ClN3O2S/c9-5-8-11-10-6-12(8)7-1-3-15(13,14)4-2-7/h6-7H,1-5H2. The zero-order valence-electron chi connectivity index (χ0n) is 8.13. The number of hydrogen-bond acceptors (Lipinski definition) is 4. The molecule has 0 spiro atoms. The van der Waals surface area contributed by atoms with Crippen LogP contribution in [0.3, 0.4) is 0 Å². The van der Waals surface area contributed by atoms with Crippen LogP contribution in [0.2, 0.25) is 0 Å². The first-order chi connectivity index (χ1) is 7.12. The average Bonchev–Trinajstić information content (AvgIpc) is 2.65. The second-order valence-electron chi connectivity index (χ2n) is 3.67. The van der Waals surface area contributed by atoms with Gasteiger partial charge in [0, 0.05) is 6.04 Å². The van der Waals surface area contributed by atoms with Crippen molar-refractivity contribution in [3.63, 3.8) is 0 Å². The highest BCUT2D eigenvalue weighted by Gasteiger charge is 2.25. The van der Waals surface area contributed by atoms with Crippen LogP contribution < -0.4 is 0 Å². The van der Waals surface area contributed by atoms with Gasteiger partial charge >= 0.3 is 0 Å². The summed E-state index contributed by atoms with van der Waals surface area (Å²) in [5.74, 6) is 1.51. The van der Waals surface area contributed by atoms with Crippen molar-refractivity contribution in [3.05, 3.63) is 12.2 Å². The molecule has 1 saturated heterocycles. The van der Waals surface area contributed by atoms with Gasteiger partial charge in [-0.1, -0.05) is 0 Å². The van der Waals surface area contributed by atoms with Gasteiger partial charge < -0.3 is 4.57 Å². The Kier molecular flexibility index (Phi) is 2.97. The van der Waals surface area contributed by atoms with E-state index in [1.807, 2.05) is 4.57 Å². The second kappa shape index (κ2) is 4.09. The zero-order valence-corrected chi connectivity index (χ0v) is 9.71. The van der Waals surface area contributed by atoms with Gasteiger partial charge in [0.1, 0.15) is 22.0 Å². The lowest BCUT2D eigenvalue weighted by atomic mass is 10.1. The molecule has 1 aromatic rings. The van der Waals surface area contributed by atoms with Crippen LogP contribution in [0.15, 0.2) is 6.33 Å². The summed E-state index contributed by atoms with van der Waals surface area (Å²) in [6, 6.07) is 0.178. The Hall–Kier alpha value is -0.620. The van der Waals surface area contributed by atoms with E-state index in [0.29, 0.717) is 24.5 Å². The normalized spacial score (nSPS) is 21.7. The van der Waals surface area contributed by atoms with Gasteiger partial charge in [0.15, 0.2) is 0 Å². The molecule has 84 valence electrons. The second-order valence-corrected chi connectivity index (χ2v) is 6.24. The summed E-state index contributed by atoms with van der Waals surface area (Å²) in [5, 5.41) is 7.66. The molecule has 7 heteroatoms. The maximum Gasteiger partial charge on any atom is 0.150 e. The highest BCUT2D eigenvalue weighted by molar-refractivity contribution is 7.91. The van der Waals surface area contributed by atoms with Crippen LogP contribution in [0.4, 0.5) is 0 Å². The summed E-state index contributed by atoms with van der Waals surface area (Å²) in [5.41, 5.74) is 0. The van der Waals surface area contributed by atoms with E-state index in [0.717, 1.165) is 0 Å². The maximum absolute atomic E-state index is 11.3. The summed E-state index contributed by atoms with van der Waals surface area (Å²) < 4.78 is 24.4. The fraction of sp³-hybridized carbons (Fsp3) is 0.750. The van der Waals surface area contributed by atoms with Crippen LogP contribution >= 0.6 is 11.6 Å². The molecule has 0 amide bonds. The third kappa shape index (κ3) is 2.31. The van der Waals surface area contributed by atoms with Crippen LogP contribution in [0.1, 0.15) is 24.7 Å². The number of alkyl halides is 1. The molecule has 2 heterocycles. The van der Waals surface area contributed by atoms with Gasteiger partial charge in [0.05, 0.1) is 17.4 Å². The fourth-order valence-electron chi connectivity index (χ4n) is 1.82. The van der Waals surface area contributed by atoms with Crippen molar-refractivity contribution >= 4 is 21.4 Å². The summed E-state index contributed by atoms with van der Waals surface area (Å²) in [6.07, 6.45) is 2.88. The molecule has 0 aliphatic carbocycles. The van der Waals surface area contributed by atoms with Crippen LogP contribution in [-0.4, -0.2) is 34.7 Å².